The third-order valence-electron chi connectivity index (χ3n) is 3.71. The maximum absolute atomic E-state index is 11.6. The molecule has 7 heteroatoms. The van der Waals surface area contributed by atoms with Crippen LogP contribution in [0.5, 0.6) is 0 Å². The van der Waals surface area contributed by atoms with E-state index in [1.54, 1.807) is 13.8 Å². The standard InChI is InChI=1S/C14H19N5O2/c1-5-14(2,13(20)21)19-12(15-16-17-19)10-7-6-8-11(9-10)18(3)4/h6-9H,5H2,1-4H3,(H,20,21). The molecular weight excluding hydrogens is 270 g/mol. The Hall–Kier alpha value is -2.44. The van der Waals surface area contributed by atoms with Crippen LogP contribution in [0.1, 0.15) is 20.3 Å². The summed E-state index contributed by atoms with van der Waals surface area (Å²) < 4.78 is 1.38. The van der Waals surface area contributed by atoms with Crippen LogP contribution in [-0.4, -0.2) is 45.4 Å². The van der Waals surface area contributed by atoms with Gasteiger partial charge >= 0.3 is 5.97 Å². The van der Waals surface area contributed by atoms with Crippen LogP contribution in [0.3, 0.4) is 0 Å². The molecule has 0 aliphatic rings. The van der Waals surface area contributed by atoms with Gasteiger partial charge in [-0.15, -0.1) is 5.10 Å². The van der Waals surface area contributed by atoms with Crippen molar-refractivity contribution in [3.8, 4) is 11.4 Å². The monoisotopic (exact) mass is 289 g/mol. The molecule has 1 aromatic heterocycles. The molecule has 2 aromatic rings. The van der Waals surface area contributed by atoms with Gasteiger partial charge in [-0.2, -0.15) is 0 Å². The minimum atomic E-state index is -1.17. The summed E-state index contributed by atoms with van der Waals surface area (Å²) >= 11 is 0. The Morgan fingerprint density at radius 2 is 2.14 bits per heavy atom. The molecule has 21 heavy (non-hydrogen) atoms. The van der Waals surface area contributed by atoms with Crippen LogP contribution in [0.4, 0.5) is 5.69 Å². The quantitative estimate of drug-likeness (QED) is 0.900. The van der Waals surface area contributed by atoms with E-state index < -0.39 is 11.5 Å². The zero-order valence-electron chi connectivity index (χ0n) is 12.6. The molecule has 2 rings (SSSR count). The second-order valence-electron chi connectivity index (χ2n) is 5.29. The first kappa shape index (κ1) is 15.0. The largest absolute Gasteiger partial charge is 0.479 e. The molecule has 0 saturated heterocycles. The Morgan fingerprint density at radius 3 is 2.71 bits per heavy atom. The van der Waals surface area contributed by atoms with Crippen molar-refractivity contribution in [2.45, 2.75) is 25.8 Å². The summed E-state index contributed by atoms with van der Waals surface area (Å²) in [5.41, 5.74) is 0.607. The van der Waals surface area contributed by atoms with Gasteiger partial charge in [-0.1, -0.05) is 19.1 Å². The van der Waals surface area contributed by atoms with Gasteiger partial charge in [0.05, 0.1) is 0 Å². The Kier molecular flexibility index (Phi) is 3.93. The van der Waals surface area contributed by atoms with Crippen molar-refractivity contribution >= 4 is 11.7 Å². The van der Waals surface area contributed by atoms with E-state index in [2.05, 4.69) is 15.5 Å². The lowest BCUT2D eigenvalue weighted by molar-refractivity contribution is -0.147. The Balaban J connectivity index is 2.55. The zero-order valence-corrected chi connectivity index (χ0v) is 12.6. The molecule has 0 aliphatic carbocycles. The summed E-state index contributed by atoms with van der Waals surface area (Å²) in [5, 5.41) is 21.0. The minimum Gasteiger partial charge on any atom is -0.479 e. The Bertz CT molecular complexity index is 652. The molecule has 0 aliphatic heterocycles. The second kappa shape index (κ2) is 5.51. The summed E-state index contributed by atoms with van der Waals surface area (Å²) in [7, 11) is 3.88. The number of anilines is 1. The maximum Gasteiger partial charge on any atom is 0.331 e. The SMILES string of the molecule is CCC(C)(C(=O)O)n1nnnc1-c1cccc(N(C)C)c1. The van der Waals surface area contributed by atoms with Gasteiger partial charge in [-0.3, -0.25) is 0 Å². The summed E-state index contributed by atoms with van der Waals surface area (Å²) in [4.78, 5) is 13.6. The molecular formula is C14H19N5O2. The molecule has 0 saturated carbocycles. The highest BCUT2D eigenvalue weighted by Gasteiger charge is 2.37. The molecule has 7 nitrogen and oxygen atoms in total. The van der Waals surface area contributed by atoms with Crippen molar-refractivity contribution in [1.29, 1.82) is 0 Å². The number of carboxylic acid groups (broad SMARTS) is 1. The fraction of sp³-hybridized carbons (Fsp3) is 0.429. The van der Waals surface area contributed by atoms with E-state index in [0.717, 1.165) is 11.3 Å². The molecule has 0 fully saturated rings. The summed E-state index contributed by atoms with van der Waals surface area (Å²) in [6, 6.07) is 7.66. The van der Waals surface area contributed by atoms with Crippen LogP contribution in [0.25, 0.3) is 11.4 Å². The summed E-state index contributed by atoms with van der Waals surface area (Å²) in [5.74, 6) is -0.507. The number of tetrazole rings is 1. The number of hydrogen-bond acceptors (Lipinski definition) is 5. The van der Waals surface area contributed by atoms with Crippen LogP contribution in [0.15, 0.2) is 24.3 Å². The third kappa shape index (κ3) is 2.58. The van der Waals surface area contributed by atoms with Crippen molar-refractivity contribution in [3.05, 3.63) is 24.3 Å². The van der Waals surface area contributed by atoms with E-state index in [1.165, 1.54) is 4.68 Å². The highest BCUT2D eigenvalue weighted by Crippen LogP contribution is 2.27. The second-order valence-corrected chi connectivity index (χ2v) is 5.29. The van der Waals surface area contributed by atoms with Gasteiger partial charge in [-0.25, -0.2) is 9.48 Å². The molecule has 1 atom stereocenters. The molecule has 0 radical (unpaired) electrons. The Morgan fingerprint density at radius 1 is 1.43 bits per heavy atom. The van der Waals surface area contributed by atoms with Crippen molar-refractivity contribution < 1.29 is 9.90 Å². The van der Waals surface area contributed by atoms with Crippen LogP contribution in [0, 0.1) is 0 Å². The van der Waals surface area contributed by atoms with E-state index in [9.17, 15) is 9.90 Å². The van der Waals surface area contributed by atoms with Gasteiger partial charge in [0.2, 0.25) is 0 Å². The van der Waals surface area contributed by atoms with Gasteiger partial charge < -0.3 is 10.0 Å². The van der Waals surface area contributed by atoms with Gasteiger partial charge in [-0.05, 0) is 35.9 Å². The highest BCUT2D eigenvalue weighted by molar-refractivity contribution is 5.77. The molecule has 0 amide bonds. The average Bonchev–Trinajstić information content (AvgIpc) is 2.96. The number of rotatable bonds is 5. The van der Waals surface area contributed by atoms with Crippen molar-refractivity contribution in [2.75, 3.05) is 19.0 Å². The lowest BCUT2D eigenvalue weighted by Crippen LogP contribution is -2.39. The molecule has 1 aromatic carbocycles. The molecule has 112 valence electrons. The van der Waals surface area contributed by atoms with Gasteiger partial charge in [0.1, 0.15) is 0 Å². The van der Waals surface area contributed by atoms with Crippen molar-refractivity contribution in [1.82, 2.24) is 20.2 Å². The number of aliphatic carboxylic acids is 1. The van der Waals surface area contributed by atoms with E-state index >= 15 is 0 Å². The summed E-state index contributed by atoms with van der Waals surface area (Å²) in [6.45, 7) is 3.42. The average molecular weight is 289 g/mol. The van der Waals surface area contributed by atoms with Gasteiger partial charge in [0.15, 0.2) is 11.4 Å². The van der Waals surface area contributed by atoms with E-state index in [1.807, 2.05) is 43.3 Å². The van der Waals surface area contributed by atoms with E-state index in [0.29, 0.717) is 12.2 Å². The molecule has 0 bridgehead atoms. The number of carboxylic acids is 1. The number of aromatic nitrogens is 4. The third-order valence-corrected chi connectivity index (χ3v) is 3.71. The first-order chi connectivity index (χ1) is 9.90. The molecule has 1 heterocycles. The smallest absolute Gasteiger partial charge is 0.331 e. The lowest BCUT2D eigenvalue weighted by atomic mass is 9.99. The van der Waals surface area contributed by atoms with Gasteiger partial charge in [0.25, 0.3) is 0 Å². The Labute approximate surface area is 123 Å². The predicted octanol–water partition coefficient (Wildman–Crippen LogP) is 1.62. The number of carbonyl (C=O) groups is 1. The maximum atomic E-state index is 11.6. The fourth-order valence-electron chi connectivity index (χ4n) is 2.01. The number of benzene rings is 1. The number of hydrogen-bond donors (Lipinski definition) is 1. The predicted molar refractivity (Wildman–Crippen MR) is 79.2 cm³/mol. The molecule has 1 N–H and O–H groups in total. The lowest BCUT2D eigenvalue weighted by Gasteiger charge is -2.24. The van der Waals surface area contributed by atoms with Crippen LogP contribution in [-0.2, 0) is 10.3 Å². The highest BCUT2D eigenvalue weighted by atomic mass is 16.4. The van der Waals surface area contributed by atoms with Crippen LogP contribution >= 0.6 is 0 Å². The minimum absolute atomic E-state index is 0.383. The topological polar surface area (TPSA) is 84.1 Å². The van der Waals surface area contributed by atoms with Gasteiger partial charge in [0, 0.05) is 25.3 Å². The first-order valence-electron chi connectivity index (χ1n) is 6.70. The summed E-state index contributed by atoms with van der Waals surface area (Å²) in [6.07, 6.45) is 0.383. The van der Waals surface area contributed by atoms with Crippen LogP contribution in [0.2, 0.25) is 0 Å². The van der Waals surface area contributed by atoms with E-state index in [-0.39, 0.29) is 0 Å². The molecule has 0 spiro atoms. The van der Waals surface area contributed by atoms with Crippen molar-refractivity contribution in [3.63, 3.8) is 0 Å². The first-order valence-corrected chi connectivity index (χ1v) is 6.70. The van der Waals surface area contributed by atoms with Crippen molar-refractivity contribution in [2.24, 2.45) is 0 Å². The zero-order chi connectivity index (χ0) is 15.6. The molecule has 1 unspecified atom stereocenters. The van der Waals surface area contributed by atoms with Crippen LogP contribution < -0.4 is 4.90 Å². The fourth-order valence-corrected chi connectivity index (χ4v) is 2.01. The number of nitrogens with zero attached hydrogens (tertiary/aromatic N) is 5. The van der Waals surface area contributed by atoms with E-state index in [4.69, 9.17) is 0 Å². The normalized spacial score (nSPS) is 13.7.